The molecule has 0 radical (unpaired) electrons. The number of piperidine rings is 1. The minimum atomic E-state index is 0.0585. The van der Waals surface area contributed by atoms with E-state index in [1.165, 1.54) is 12.6 Å². The average Bonchev–Trinajstić information content (AvgIpc) is 3.40. The lowest BCUT2D eigenvalue weighted by Gasteiger charge is -2.38. The number of piperazine rings is 1. The van der Waals surface area contributed by atoms with Crippen molar-refractivity contribution in [2.75, 3.05) is 50.8 Å². The molecule has 0 atom stereocenters. The number of carbonyl (C=O) groups excluding carboxylic acids is 1. The largest absolute Gasteiger partial charge is 0.484 e. The molecule has 2 aliphatic rings. The van der Waals surface area contributed by atoms with Gasteiger partial charge in [0.1, 0.15) is 11.4 Å². The molecule has 10 nitrogen and oxygen atoms in total. The Labute approximate surface area is 231 Å². The molecule has 39 heavy (non-hydrogen) atoms. The van der Waals surface area contributed by atoms with Gasteiger partial charge in [-0.15, -0.1) is 0 Å². The molecule has 4 rings (SSSR count). The van der Waals surface area contributed by atoms with Crippen LogP contribution in [-0.2, 0) is 11.8 Å². The zero-order chi connectivity index (χ0) is 27.8. The number of aryl methyl sites for hydroxylation is 1. The van der Waals surface area contributed by atoms with Gasteiger partial charge in [0.25, 0.3) is 5.91 Å². The predicted molar refractivity (Wildman–Crippen MR) is 156 cm³/mol. The molecule has 2 fully saturated rings. The van der Waals surface area contributed by atoms with Gasteiger partial charge in [-0.25, -0.2) is 9.98 Å². The third-order valence-electron chi connectivity index (χ3n) is 7.03. The number of likely N-dealkylation sites (tertiary alicyclic amines) is 1. The first-order chi connectivity index (χ1) is 18.9. The maximum absolute atomic E-state index is 12.5. The van der Waals surface area contributed by atoms with Crippen LogP contribution in [0, 0.1) is 0 Å². The molecule has 2 N–H and O–H groups in total. The zero-order valence-electron chi connectivity index (χ0n) is 23.3. The molecule has 0 spiro atoms. The summed E-state index contributed by atoms with van der Waals surface area (Å²) in [7, 11) is 1.88. The lowest BCUT2D eigenvalue weighted by atomic mass is 10.1. The van der Waals surface area contributed by atoms with Crippen molar-refractivity contribution in [1.82, 2.24) is 19.6 Å². The van der Waals surface area contributed by atoms with E-state index in [0.29, 0.717) is 23.0 Å². The highest BCUT2D eigenvalue weighted by Crippen LogP contribution is 2.24. The van der Waals surface area contributed by atoms with E-state index in [1.54, 1.807) is 10.9 Å². The number of ether oxygens (including phenoxy) is 1. The number of anilines is 1. The summed E-state index contributed by atoms with van der Waals surface area (Å²) in [5.74, 6) is 1.47. The molecule has 208 valence electrons. The van der Waals surface area contributed by atoms with Gasteiger partial charge in [0.15, 0.2) is 12.4 Å². The summed E-state index contributed by atoms with van der Waals surface area (Å²) in [6, 6.07) is 7.96. The summed E-state index contributed by atoms with van der Waals surface area (Å²) in [6.45, 7) is 12.4. The Bertz CT molecular complexity index is 1240. The van der Waals surface area contributed by atoms with E-state index < -0.39 is 0 Å². The maximum Gasteiger partial charge on any atom is 0.260 e. The smallest absolute Gasteiger partial charge is 0.260 e. The van der Waals surface area contributed by atoms with Crippen LogP contribution in [0.1, 0.15) is 38.7 Å². The van der Waals surface area contributed by atoms with Crippen LogP contribution in [0.3, 0.4) is 0 Å². The summed E-state index contributed by atoms with van der Waals surface area (Å²) >= 11 is 0. The molecule has 2 aliphatic heterocycles. The van der Waals surface area contributed by atoms with Crippen LogP contribution in [-0.4, -0.2) is 82.9 Å². The van der Waals surface area contributed by atoms with Gasteiger partial charge in [-0.1, -0.05) is 12.6 Å². The monoisotopic (exact) mass is 532 g/mol. The van der Waals surface area contributed by atoms with Crippen molar-refractivity contribution in [1.29, 1.82) is 0 Å². The van der Waals surface area contributed by atoms with Crippen molar-refractivity contribution in [3.05, 3.63) is 66.4 Å². The number of nitrogens with zero attached hydrogens (tertiary/aromatic N) is 7. The highest BCUT2D eigenvalue weighted by atomic mass is 16.5. The predicted octanol–water partition coefficient (Wildman–Crippen LogP) is 3.17. The van der Waals surface area contributed by atoms with Crippen molar-refractivity contribution < 1.29 is 9.53 Å². The third kappa shape index (κ3) is 7.28. The molecule has 2 saturated heterocycles. The molecule has 0 saturated carbocycles. The van der Waals surface area contributed by atoms with Crippen LogP contribution in [0.15, 0.2) is 70.8 Å². The van der Waals surface area contributed by atoms with Crippen LogP contribution in [0.4, 0.5) is 5.69 Å². The number of carbonyl (C=O) groups is 1. The van der Waals surface area contributed by atoms with Crippen LogP contribution in [0.5, 0.6) is 5.75 Å². The zero-order valence-corrected chi connectivity index (χ0v) is 23.3. The lowest BCUT2D eigenvalue weighted by molar-refractivity contribution is -0.134. The molecule has 0 unspecified atom stereocenters. The number of hydrogen-bond donors (Lipinski definition) is 1. The minimum Gasteiger partial charge on any atom is -0.484 e. The second kappa shape index (κ2) is 13.1. The van der Waals surface area contributed by atoms with Gasteiger partial charge in [0, 0.05) is 87.4 Å². The molecule has 1 aromatic carbocycles. The van der Waals surface area contributed by atoms with Gasteiger partial charge in [-0.05, 0) is 45.2 Å². The number of rotatable bonds is 8. The van der Waals surface area contributed by atoms with Crippen molar-refractivity contribution in [3.63, 3.8) is 0 Å². The fraction of sp³-hybridized carbons (Fsp3) is 0.448. The summed E-state index contributed by atoms with van der Waals surface area (Å²) in [6.07, 6.45) is 8.59. The Balaban J connectivity index is 1.40. The summed E-state index contributed by atoms with van der Waals surface area (Å²) in [5, 5.41) is 4.24. The Hall–Kier alpha value is -4.08. The van der Waals surface area contributed by atoms with Gasteiger partial charge in [0.2, 0.25) is 0 Å². The normalized spacial score (nSPS) is 17.7. The van der Waals surface area contributed by atoms with E-state index in [0.717, 1.165) is 69.1 Å². The molecule has 10 heteroatoms. The number of amides is 1. The highest BCUT2D eigenvalue weighted by molar-refractivity contribution is 6.05. The molecule has 2 aromatic rings. The quantitative estimate of drug-likeness (QED) is 0.414. The summed E-state index contributed by atoms with van der Waals surface area (Å²) < 4.78 is 7.63. The van der Waals surface area contributed by atoms with E-state index in [2.05, 4.69) is 32.5 Å². The topological polar surface area (TPSA) is 105 Å². The van der Waals surface area contributed by atoms with Gasteiger partial charge in [-0.2, -0.15) is 5.10 Å². The van der Waals surface area contributed by atoms with Gasteiger partial charge < -0.3 is 25.2 Å². The third-order valence-corrected chi connectivity index (χ3v) is 7.03. The van der Waals surface area contributed by atoms with Gasteiger partial charge in [0.05, 0.1) is 6.20 Å². The first-order valence-electron chi connectivity index (χ1n) is 13.6. The van der Waals surface area contributed by atoms with E-state index in [1.807, 2.05) is 50.2 Å². The molecule has 0 bridgehead atoms. The average molecular weight is 533 g/mol. The molecular formula is C29H40N8O2. The number of aromatic nitrogens is 2. The van der Waals surface area contributed by atoms with Crippen LogP contribution >= 0.6 is 0 Å². The van der Waals surface area contributed by atoms with Crippen molar-refractivity contribution >= 4 is 23.1 Å². The van der Waals surface area contributed by atoms with Gasteiger partial charge >= 0.3 is 0 Å². The Morgan fingerprint density at radius 2 is 1.85 bits per heavy atom. The fourth-order valence-electron chi connectivity index (χ4n) is 4.86. The fourth-order valence-corrected chi connectivity index (χ4v) is 4.86. The Kier molecular flexibility index (Phi) is 9.40. The Morgan fingerprint density at radius 1 is 1.10 bits per heavy atom. The van der Waals surface area contributed by atoms with Crippen LogP contribution in [0.25, 0.3) is 0 Å². The molecular weight excluding hydrogens is 492 g/mol. The van der Waals surface area contributed by atoms with Crippen molar-refractivity contribution in [3.8, 4) is 5.75 Å². The number of hydrogen-bond acceptors (Lipinski definition) is 7. The van der Waals surface area contributed by atoms with E-state index in [-0.39, 0.29) is 12.5 Å². The molecule has 3 heterocycles. The number of benzene rings is 1. The summed E-state index contributed by atoms with van der Waals surface area (Å²) in [5.41, 5.74) is 10.3. The number of amidine groups is 1. The standard InChI is InChI=1S/C29H40N8O2/c1-5-31-29(28(22(2)30)33-23(3)24-19-32-34(4)20-24)37-16-14-35(15-17-37)25-10-9-11-26(18-25)39-21-27(38)36-12-7-6-8-13-36/h5,9-11,18-20H,1,6-8,12-17,21,30H2,2-4H3/b28-22+,31-29+,33-23+. The highest BCUT2D eigenvalue weighted by Gasteiger charge is 2.24. The lowest BCUT2D eigenvalue weighted by Crippen LogP contribution is -2.49. The molecule has 0 aliphatic carbocycles. The summed E-state index contributed by atoms with van der Waals surface area (Å²) in [4.78, 5) is 28.3. The van der Waals surface area contributed by atoms with E-state index >= 15 is 0 Å². The maximum atomic E-state index is 12.5. The molecule has 1 amide bonds. The van der Waals surface area contributed by atoms with Crippen molar-refractivity contribution in [2.45, 2.75) is 33.1 Å². The van der Waals surface area contributed by atoms with E-state index in [4.69, 9.17) is 15.5 Å². The van der Waals surface area contributed by atoms with Crippen LogP contribution < -0.4 is 15.4 Å². The Morgan fingerprint density at radius 3 is 2.49 bits per heavy atom. The van der Waals surface area contributed by atoms with Gasteiger partial charge in [-0.3, -0.25) is 9.48 Å². The number of aliphatic imine (C=N–C) groups is 2. The van der Waals surface area contributed by atoms with Crippen LogP contribution in [0.2, 0.25) is 0 Å². The van der Waals surface area contributed by atoms with E-state index in [9.17, 15) is 4.79 Å². The SMILES string of the molecule is C=C\N=C(C(/N=C(\C)c1cnn(C)c1)=C(/C)N)\N1CCN(c2cccc(OCC(=O)N3CCCCC3)c2)CC1. The first-order valence-corrected chi connectivity index (χ1v) is 13.6. The number of allylic oxidation sites excluding steroid dienone is 1. The minimum absolute atomic E-state index is 0.0585. The number of nitrogens with two attached hydrogens (primary N) is 1. The second-order valence-electron chi connectivity index (χ2n) is 9.97. The van der Waals surface area contributed by atoms with Crippen molar-refractivity contribution in [2.24, 2.45) is 22.8 Å². The first kappa shape index (κ1) is 27.9. The second-order valence-corrected chi connectivity index (χ2v) is 9.97. The molecule has 1 aromatic heterocycles.